The molecule has 0 spiro atoms. The molecule has 0 aromatic carbocycles. The second kappa shape index (κ2) is 1.59. The smallest absolute Gasteiger partial charge is 0.319 e. The highest BCUT2D eigenvalue weighted by Crippen LogP contribution is 2.61. The highest BCUT2D eigenvalue weighted by molar-refractivity contribution is 6.28. The third-order valence-corrected chi connectivity index (χ3v) is 2.84. The zero-order valence-electron chi connectivity index (χ0n) is 6.16. The molecule has 2 saturated carbocycles. The van der Waals surface area contributed by atoms with E-state index in [1.165, 1.54) is 0 Å². The first-order chi connectivity index (χ1) is 5.45. The van der Waals surface area contributed by atoms with Crippen molar-refractivity contribution < 1.29 is 19.5 Å². The van der Waals surface area contributed by atoms with Gasteiger partial charge in [-0.1, -0.05) is 0 Å². The van der Waals surface area contributed by atoms with Crippen LogP contribution in [-0.2, 0) is 14.4 Å². The molecule has 2 atom stereocenters. The van der Waals surface area contributed by atoms with Gasteiger partial charge in [0.15, 0.2) is 17.0 Å². The van der Waals surface area contributed by atoms with Gasteiger partial charge in [-0.2, -0.15) is 0 Å². The van der Waals surface area contributed by atoms with E-state index < -0.39 is 28.5 Å². The number of rotatable bonds is 1. The quantitative estimate of drug-likeness (QED) is 0.475. The predicted molar refractivity (Wildman–Crippen MR) is 36.2 cm³/mol. The molecular formula is C7H7NO4. The molecule has 2 unspecified atom stereocenters. The molecule has 3 N–H and O–H groups in total. The summed E-state index contributed by atoms with van der Waals surface area (Å²) in [7, 11) is 0. The molecule has 64 valence electrons. The molecule has 0 amide bonds. The molecule has 2 fully saturated rings. The van der Waals surface area contributed by atoms with Crippen LogP contribution in [0.15, 0.2) is 0 Å². The number of hydrogen-bond donors (Lipinski definition) is 2. The van der Waals surface area contributed by atoms with Gasteiger partial charge in [0, 0.05) is 0 Å². The van der Waals surface area contributed by atoms with Gasteiger partial charge < -0.3 is 10.8 Å². The highest BCUT2D eigenvalue weighted by Gasteiger charge is 2.82. The van der Waals surface area contributed by atoms with E-state index in [2.05, 4.69) is 0 Å². The van der Waals surface area contributed by atoms with Gasteiger partial charge in [0.1, 0.15) is 5.54 Å². The summed E-state index contributed by atoms with van der Waals surface area (Å²) in [6.45, 7) is 0. The molecule has 0 aromatic rings. The number of fused-ring (bicyclic) bond motifs is 1. The van der Waals surface area contributed by atoms with Crippen LogP contribution < -0.4 is 5.73 Å². The van der Waals surface area contributed by atoms with Crippen molar-refractivity contribution in [3.05, 3.63) is 0 Å². The van der Waals surface area contributed by atoms with Crippen LogP contribution in [0.1, 0.15) is 12.8 Å². The van der Waals surface area contributed by atoms with Gasteiger partial charge in [0.05, 0.1) is 6.42 Å². The number of hydrogen-bond acceptors (Lipinski definition) is 4. The fraction of sp³-hybridized carbons (Fsp3) is 0.571. The highest BCUT2D eigenvalue weighted by atomic mass is 16.4. The molecule has 12 heavy (non-hydrogen) atoms. The molecule has 5 nitrogen and oxygen atoms in total. The maximum absolute atomic E-state index is 11.1. The van der Waals surface area contributed by atoms with Gasteiger partial charge >= 0.3 is 5.97 Å². The van der Waals surface area contributed by atoms with E-state index in [1.54, 1.807) is 0 Å². The van der Waals surface area contributed by atoms with Crippen molar-refractivity contribution >= 4 is 17.5 Å². The molecule has 0 bridgehead atoms. The Balaban J connectivity index is 2.50. The molecule has 2 aliphatic rings. The number of carbonyl (C=O) groups excluding carboxylic acids is 2. The second-order valence-corrected chi connectivity index (χ2v) is 3.38. The lowest BCUT2D eigenvalue weighted by atomic mass is 10.0. The summed E-state index contributed by atoms with van der Waals surface area (Å²) in [6.07, 6.45) is -0.338. The monoisotopic (exact) mass is 169 g/mol. The Morgan fingerprint density at radius 1 is 1.42 bits per heavy atom. The maximum Gasteiger partial charge on any atom is 0.319 e. The van der Waals surface area contributed by atoms with Crippen molar-refractivity contribution in [3.8, 4) is 0 Å². The summed E-state index contributed by atoms with van der Waals surface area (Å²) in [5.74, 6) is -2.24. The number of carbonyl (C=O) groups is 3. The van der Waals surface area contributed by atoms with Gasteiger partial charge in [0.2, 0.25) is 0 Å². The van der Waals surface area contributed by atoms with E-state index in [0.29, 0.717) is 0 Å². The van der Waals surface area contributed by atoms with E-state index in [9.17, 15) is 14.4 Å². The van der Waals surface area contributed by atoms with Crippen LogP contribution in [0.2, 0.25) is 0 Å². The lowest BCUT2D eigenvalue weighted by molar-refractivity contribution is -0.147. The maximum atomic E-state index is 11.1. The first-order valence-corrected chi connectivity index (χ1v) is 3.54. The average molecular weight is 169 g/mol. The van der Waals surface area contributed by atoms with Gasteiger partial charge in [-0.25, -0.2) is 0 Å². The zero-order valence-corrected chi connectivity index (χ0v) is 6.16. The third-order valence-electron chi connectivity index (χ3n) is 2.84. The van der Waals surface area contributed by atoms with Crippen molar-refractivity contribution in [2.24, 2.45) is 11.1 Å². The Morgan fingerprint density at radius 3 is 2.17 bits per heavy atom. The number of nitrogens with two attached hydrogens (primary N) is 1. The summed E-state index contributed by atoms with van der Waals surface area (Å²) in [4.78, 5) is 32.8. The zero-order chi connectivity index (χ0) is 9.15. The number of ketones is 2. The van der Waals surface area contributed by atoms with Gasteiger partial charge in [-0.15, -0.1) is 0 Å². The molecule has 0 aliphatic heterocycles. The SMILES string of the molecule is NC12CC1(C(=O)O)C(=O)CC2=O. The summed E-state index contributed by atoms with van der Waals surface area (Å²) in [5.41, 5.74) is 2.53. The largest absolute Gasteiger partial charge is 0.480 e. The van der Waals surface area contributed by atoms with E-state index in [4.69, 9.17) is 10.8 Å². The van der Waals surface area contributed by atoms with Crippen LogP contribution in [0.4, 0.5) is 0 Å². The molecule has 2 rings (SSSR count). The van der Waals surface area contributed by atoms with Crippen LogP contribution in [0.3, 0.4) is 0 Å². The Morgan fingerprint density at radius 2 is 2.00 bits per heavy atom. The fourth-order valence-corrected chi connectivity index (χ4v) is 1.90. The number of Topliss-reactive ketones (excluding diaryl/α,β-unsaturated/α-hetero) is 2. The minimum absolute atomic E-state index is 0.0208. The minimum Gasteiger partial charge on any atom is -0.480 e. The average Bonchev–Trinajstić information content (AvgIpc) is 2.53. The van der Waals surface area contributed by atoms with Gasteiger partial charge in [-0.3, -0.25) is 14.4 Å². The van der Waals surface area contributed by atoms with E-state index in [1.807, 2.05) is 0 Å². The van der Waals surface area contributed by atoms with Crippen LogP contribution in [0.25, 0.3) is 0 Å². The van der Waals surface area contributed by atoms with E-state index in [-0.39, 0.29) is 12.8 Å². The first-order valence-electron chi connectivity index (χ1n) is 3.54. The van der Waals surface area contributed by atoms with Crippen molar-refractivity contribution in [2.75, 3.05) is 0 Å². The van der Waals surface area contributed by atoms with Crippen molar-refractivity contribution in [1.82, 2.24) is 0 Å². The second-order valence-electron chi connectivity index (χ2n) is 3.38. The Kier molecular flexibility index (Phi) is 0.980. The van der Waals surface area contributed by atoms with Crippen LogP contribution in [-0.4, -0.2) is 28.2 Å². The topological polar surface area (TPSA) is 97.5 Å². The number of aliphatic carboxylic acids is 1. The Bertz CT molecular complexity index is 323. The lowest BCUT2D eigenvalue weighted by Gasteiger charge is -2.04. The summed E-state index contributed by atoms with van der Waals surface area (Å²) >= 11 is 0. The first kappa shape index (κ1) is 7.42. The summed E-state index contributed by atoms with van der Waals surface area (Å²) in [6, 6.07) is 0. The van der Waals surface area contributed by atoms with E-state index >= 15 is 0 Å². The summed E-state index contributed by atoms with van der Waals surface area (Å²) in [5, 5.41) is 8.71. The predicted octanol–water partition coefficient (Wildman–Crippen LogP) is -1.30. The molecule has 5 heteroatoms. The Hall–Kier alpha value is -1.23. The standard InChI is InChI=1S/C7H7NO4/c8-7-2-6(7,5(11)12)3(9)1-4(7)10/h1-2,8H2,(H,11,12). The lowest BCUT2D eigenvalue weighted by Crippen LogP contribution is -2.38. The van der Waals surface area contributed by atoms with Crippen molar-refractivity contribution in [2.45, 2.75) is 18.4 Å². The number of carboxylic acid groups (broad SMARTS) is 1. The molecular weight excluding hydrogens is 162 g/mol. The normalized spacial score (nSPS) is 44.4. The molecule has 0 aromatic heterocycles. The van der Waals surface area contributed by atoms with Crippen LogP contribution in [0, 0.1) is 5.41 Å². The third kappa shape index (κ3) is 0.464. The number of carboxylic acids is 1. The fourth-order valence-electron chi connectivity index (χ4n) is 1.90. The molecule has 2 aliphatic carbocycles. The molecule has 0 heterocycles. The van der Waals surface area contributed by atoms with E-state index in [0.717, 1.165) is 0 Å². The molecule has 0 radical (unpaired) electrons. The van der Waals surface area contributed by atoms with Crippen molar-refractivity contribution in [3.63, 3.8) is 0 Å². The van der Waals surface area contributed by atoms with Crippen LogP contribution in [0.5, 0.6) is 0 Å². The van der Waals surface area contributed by atoms with Crippen LogP contribution >= 0.6 is 0 Å². The minimum atomic E-state index is -1.57. The van der Waals surface area contributed by atoms with Gasteiger partial charge in [-0.05, 0) is 6.42 Å². The Labute approximate surface area is 67.5 Å². The molecule has 0 saturated heterocycles. The van der Waals surface area contributed by atoms with Crippen molar-refractivity contribution in [1.29, 1.82) is 0 Å². The van der Waals surface area contributed by atoms with Gasteiger partial charge in [0.25, 0.3) is 0 Å². The summed E-state index contributed by atoms with van der Waals surface area (Å²) < 4.78 is 0.